The van der Waals surface area contributed by atoms with E-state index in [9.17, 15) is 0 Å². The van der Waals surface area contributed by atoms with Crippen LogP contribution in [-0.2, 0) is 4.89 Å². The highest BCUT2D eigenvalue weighted by Crippen LogP contribution is 2.35. The largest absolute Gasteiger partial charge is 0.490 e. The fraction of sp³-hybridized carbons (Fsp3) is 0.533. The molecule has 0 bridgehead atoms. The number of benzene rings is 3. The van der Waals surface area contributed by atoms with Gasteiger partial charge < -0.3 is 9.62 Å². The van der Waals surface area contributed by atoms with Gasteiger partial charge in [-0.25, -0.2) is 8.78 Å². The predicted molar refractivity (Wildman–Crippen MR) is 140 cm³/mol. The van der Waals surface area contributed by atoms with Crippen molar-refractivity contribution in [2.24, 2.45) is 0 Å². The van der Waals surface area contributed by atoms with Crippen LogP contribution in [0, 0.1) is 11.6 Å². The van der Waals surface area contributed by atoms with E-state index in [2.05, 4.69) is 13.8 Å². The molecule has 0 atom stereocenters. The van der Waals surface area contributed by atoms with Crippen molar-refractivity contribution in [1.82, 2.24) is 0 Å². The van der Waals surface area contributed by atoms with Crippen LogP contribution in [0.2, 0.25) is 0 Å². The minimum Gasteiger partial charge on any atom is -0.490 e. The smallest absolute Gasteiger partial charge is 0.201 e. The lowest BCUT2D eigenvalue weighted by molar-refractivity contribution is -0.209. The van der Waals surface area contributed by atoms with Gasteiger partial charge in [0.05, 0.1) is 13.2 Å². The number of hydrogen-bond donors (Lipinski definition) is 0. The second kappa shape index (κ2) is 14.9. The van der Waals surface area contributed by atoms with Crippen LogP contribution in [0.25, 0.3) is 21.5 Å². The highest BCUT2D eigenvalue weighted by Gasteiger charge is 2.15. The Morgan fingerprint density at radius 3 is 1.60 bits per heavy atom. The van der Waals surface area contributed by atoms with Gasteiger partial charge in [-0.3, -0.25) is 0 Å². The molecule has 0 fully saturated rings. The normalized spacial score (nSPS) is 11.4. The Bertz CT molecular complexity index is 1050. The molecule has 0 aliphatic heterocycles. The van der Waals surface area contributed by atoms with Crippen LogP contribution in [0.5, 0.6) is 11.5 Å². The van der Waals surface area contributed by atoms with Gasteiger partial charge in [0, 0.05) is 10.8 Å². The highest BCUT2D eigenvalue weighted by molar-refractivity contribution is 6.08. The lowest BCUT2D eigenvalue weighted by atomic mass is 10.0. The molecule has 0 aromatic heterocycles. The van der Waals surface area contributed by atoms with E-state index in [0.717, 1.165) is 38.5 Å². The molecule has 192 valence electrons. The van der Waals surface area contributed by atoms with Gasteiger partial charge in [-0.15, -0.1) is 0 Å². The maximum absolute atomic E-state index is 15.1. The van der Waals surface area contributed by atoms with E-state index in [0.29, 0.717) is 34.8 Å². The SMILES string of the molecule is CCCCCCCCCCOOc1ccc2c(ccc3c(F)c(OCCCCCC)ccc32)c1F. The number of unbranched alkanes of at least 4 members (excludes halogenated alkanes) is 10. The van der Waals surface area contributed by atoms with Crippen LogP contribution in [0.1, 0.15) is 90.9 Å². The van der Waals surface area contributed by atoms with E-state index < -0.39 is 11.6 Å². The molecular weight excluding hydrogens is 446 g/mol. The van der Waals surface area contributed by atoms with Gasteiger partial charge in [-0.05, 0) is 47.9 Å². The fourth-order valence-electron chi connectivity index (χ4n) is 4.39. The number of hydrogen-bond acceptors (Lipinski definition) is 3. The van der Waals surface area contributed by atoms with Crippen LogP contribution in [0.15, 0.2) is 36.4 Å². The zero-order valence-electron chi connectivity index (χ0n) is 21.3. The van der Waals surface area contributed by atoms with Crippen molar-refractivity contribution in [3.63, 3.8) is 0 Å². The lowest BCUT2D eigenvalue weighted by Gasteiger charge is -2.12. The third-order valence-corrected chi connectivity index (χ3v) is 6.48. The first-order valence-electron chi connectivity index (χ1n) is 13.4. The van der Waals surface area contributed by atoms with E-state index in [4.69, 9.17) is 14.5 Å². The van der Waals surface area contributed by atoms with Gasteiger partial charge in [-0.2, -0.15) is 4.89 Å². The third kappa shape index (κ3) is 7.79. The van der Waals surface area contributed by atoms with E-state index in [-0.39, 0.29) is 11.5 Å². The first-order chi connectivity index (χ1) is 17.2. The zero-order chi connectivity index (χ0) is 24.9. The summed E-state index contributed by atoms with van der Waals surface area (Å²) >= 11 is 0. The summed E-state index contributed by atoms with van der Waals surface area (Å²) in [6.45, 7) is 5.29. The summed E-state index contributed by atoms with van der Waals surface area (Å²) in [6.07, 6.45) is 13.9. The summed E-state index contributed by atoms with van der Waals surface area (Å²) in [5.41, 5.74) is 0. The molecule has 0 aliphatic rings. The van der Waals surface area contributed by atoms with Gasteiger partial charge in [0.25, 0.3) is 0 Å². The Morgan fingerprint density at radius 1 is 0.514 bits per heavy atom. The van der Waals surface area contributed by atoms with Crippen molar-refractivity contribution in [2.45, 2.75) is 90.9 Å². The van der Waals surface area contributed by atoms with Gasteiger partial charge in [0.2, 0.25) is 5.75 Å². The third-order valence-electron chi connectivity index (χ3n) is 6.48. The van der Waals surface area contributed by atoms with Crippen LogP contribution in [0.3, 0.4) is 0 Å². The molecule has 3 nitrogen and oxygen atoms in total. The Kier molecular flexibility index (Phi) is 11.6. The molecule has 0 aliphatic carbocycles. The molecule has 0 saturated carbocycles. The van der Waals surface area contributed by atoms with Crippen molar-refractivity contribution in [3.8, 4) is 11.5 Å². The summed E-state index contributed by atoms with van der Waals surface area (Å²) < 4.78 is 35.8. The standard InChI is InChI=1S/C30H40F2O3/c1-3-5-7-9-10-11-12-14-22-34-35-28-20-18-24-23-17-19-27(33-21-13-8-6-4-2)29(31)25(23)15-16-26(24)30(28)32/h15-20H,3-14,21-22H2,1-2H3. The van der Waals surface area contributed by atoms with E-state index in [1.165, 1.54) is 38.5 Å². The fourth-order valence-corrected chi connectivity index (χ4v) is 4.39. The number of fused-ring (bicyclic) bond motifs is 3. The van der Waals surface area contributed by atoms with Gasteiger partial charge in [0.15, 0.2) is 17.4 Å². The Balaban J connectivity index is 1.56. The van der Waals surface area contributed by atoms with E-state index in [1.54, 1.807) is 36.4 Å². The molecule has 0 spiro atoms. The first kappa shape index (κ1) is 27.2. The van der Waals surface area contributed by atoms with Crippen LogP contribution in [0.4, 0.5) is 8.78 Å². The molecule has 0 saturated heterocycles. The first-order valence-corrected chi connectivity index (χ1v) is 13.4. The quantitative estimate of drug-likeness (QED) is 0.0822. The Hall–Kier alpha value is -2.40. The number of halogens is 2. The van der Waals surface area contributed by atoms with Gasteiger partial charge >= 0.3 is 0 Å². The van der Waals surface area contributed by atoms with Gasteiger partial charge in [0.1, 0.15) is 0 Å². The monoisotopic (exact) mass is 486 g/mol. The predicted octanol–water partition coefficient (Wildman–Crippen LogP) is 9.68. The van der Waals surface area contributed by atoms with E-state index >= 15 is 8.78 Å². The molecule has 35 heavy (non-hydrogen) atoms. The maximum atomic E-state index is 15.1. The van der Waals surface area contributed by atoms with Crippen molar-refractivity contribution in [2.75, 3.05) is 13.2 Å². The van der Waals surface area contributed by atoms with Crippen molar-refractivity contribution >= 4 is 21.5 Å². The van der Waals surface area contributed by atoms with Crippen molar-refractivity contribution in [1.29, 1.82) is 0 Å². The molecule has 3 rings (SSSR count). The molecule has 3 aromatic rings. The number of rotatable bonds is 17. The molecule has 5 heteroatoms. The van der Waals surface area contributed by atoms with Crippen LogP contribution in [-0.4, -0.2) is 13.2 Å². The minimum absolute atomic E-state index is 0.0453. The Labute approximate surface area is 208 Å². The molecule has 0 unspecified atom stereocenters. The molecule has 0 N–H and O–H groups in total. The number of ether oxygens (including phenoxy) is 1. The molecule has 0 radical (unpaired) electrons. The average Bonchev–Trinajstić information content (AvgIpc) is 2.87. The zero-order valence-corrected chi connectivity index (χ0v) is 21.3. The molecule has 0 amide bonds. The summed E-state index contributed by atoms with van der Waals surface area (Å²) in [7, 11) is 0. The summed E-state index contributed by atoms with van der Waals surface area (Å²) in [5.74, 6) is -0.627. The topological polar surface area (TPSA) is 27.7 Å². The van der Waals surface area contributed by atoms with Crippen molar-refractivity contribution in [3.05, 3.63) is 48.0 Å². The molecule has 3 aromatic carbocycles. The van der Waals surface area contributed by atoms with Crippen LogP contribution < -0.4 is 9.62 Å². The minimum atomic E-state index is -0.503. The maximum Gasteiger partial charge on any atom is 0.201 e. The Morgan fingerprint density at radius 2 is 0.971 bits per heavy atom. The lowest BCUT2D eigenvalue weighted by Crippen LogP contribution is -2.02. The second-order valence-electron chi connectivity index (χ2n) is 9.30. The van der Waals surface area contributed by atoms with Gasteiger partial charge in [-0.1, -0.05) is 90.2 Å². The van der Waals surface area contributed by atoms with Crippen molar-refractivity contribution < 1.29 is 23.3 Å². The van der Waals surface area contributed by atoms with E-state index in [1.807, 2.05) is 0 Å². The van der Waals surface area contributed by atoms with Crippen LogP contribution >= 0.6 is 0 Å². The molecular formula is C30H40F2O3. The summed E-state index contributed by atoms with van der Waals surface area (Å²) in [4.78, 5) is 10.5. The highest BCUT2D eigenvalue weighted by atomic mass is 19.1. The summed E-state index contributed by atoms with van der Waals surface area (Å²) in [5, 5.41) is 2.06. The second-order valence-corrected chi connectivity index (χ2v) is 9.30. The molecule has 0 heterocycles. The summed E-state index contributed by atoms with van der Waals surface area (Å²) in [6, 6.07) is 9.91. The average molecular weight is 487 g/mol.